The largest absolute Gasteiger partial charge is 0.334 e. The fourth-order valence-electron chi connectivity index (χ4n) is 3.88. The first-order valence-electron chi connectivity index (χ1n) is 10.3. The number of amides is 2. The summed E-state index contributed by atoms with van der Waals surface area (Å²) in [7, 11) is 0. The van der Waals surface area contributed by atoms with Crippen molar-refractivity contribution in [2.45, 2.75) is 13.0 Å². The molecule has 1 aliphatic rings. The molecular formula is C25H17Cl2FN4O2. The van der Waals surface area contributed by atoms with Crippen molar-refractivity contribution in [2.75, 3.05) is 4.90 Å². The maximum absolute atomic E-state index is 13.3. The van der Waals surface area contributed by atoms with E-state index < -0.39 is 6.04 Å². The summed E-state index contributed by atoms with van der Waals surface area (Å²) >= 11 is 12.1. The zero-order valence-electron chi connectivity index (χ0n) is 17.8. The van der Waals surface area contributed by atoms with E-state index in [0.717, 1.165) is 5.56 Å². The number of benzene rings is 3. The van der Waals surface area contributed by atoms with Crippen molar-refractivity contribution in [2.24, 2.45) is 0 Å². The van der Waals surface area contributed by atoms with Gasteiger partial charge in [-0.3, -0.25) is 4.90 Å². The van der Waals surface area contributed by atoms with E-state index in [1.807, 2.05) is 19.1 Å². The molecule has 1 aliphatic heterocycles. The van der Waals surface area contributed by atoms with Crippen LogP contribution in [0.4, 0.5) is 14.9 Å². The van der Waals surface area contributed by atoms with Gasteiger partial charge in [-0.25, -0.2) is 9.18 Å². The molecule has 4 aromatic rings. The normalized spacial score (nSPS) is 16.1. The van der Waals surface area contributed by atoms with Gasteiger partial charge in [0.1, 0.15) is 5.82 Å². The van der Waals surface area contributed by atoms with E-state index in [1.165, 1.54) is 17.0 Å². The molecule has 9 heteroatoms. The van der Waals surface area contributed by atoms with Crippen LogP contribution in [0.5, 0.6) is 0 Å². The van der Waals surface area contributed by atoms with Gasteiger partial charge in [0.15, 0.2) is 0 Å². The fraction of sp³-hybridized carbons (Fsp3) is 0.0800. The van der Waals surface area contributed by atoms with Crippen LogP contribution in [0.2, 0.25) is 10.0 Å². The average Bonchev–Trinajstić information content (AvgIpc) is 3.30. The molecule has 1 atom stereocenters. The lowest BCUT2D eigenvalue weighted by Gasteiger charge is -2.35. The Balaban J connectivity index is 1.64. The minimum atomic E-state index is -0.560. The summed E-state index contributed by atoms with van der Waals surface area (Å²) in [6.07, 6.45) is 0. The van der Waals surface area contributed by atoms with Gasteiger partial charge in [-0.15, -0.1) is 0 Å². The highest BCUT2D eigenvalue weighted by Gasteiger charge is 2.36. The van der Waals surface area contributed by atoms with E-state index in [0.29, 0.717) is 38.4 Å². The number of aromatic nitrogens is 2. The maximum atomic E-state index is 13.3. The summed E-state index contributed by atoms with van der Waals surface area (Å²) in [6.45, 7) is 1.81. The molecular weight excluding hydrogens is 478 g/mol. The predicted octanol–water partition coefficient (Wildman–Crippen LogP) is 6.88. The molecule has 3 aromatic carbocycles. The second kappa shape index (κ2) is 8.93. The quantitative estimate of drug-likeness (QED) is 0.335. The number of urea groups is 1. The molecule has 5 rings (SSSR count). The molecule has 0 aliphatic carbocycles. The zero-order chi connectivity index (χ0) is 23.8. The number of allylic oxidation sites excluding steroid dienone is 1. The maximum Gasteiger partial charge on any atom is 0.326 e. The number of carbonyl (C=O) groups is 1. The number of rotatable bonds is 4. The standard InChI is InChI=1S/C25H17Cl2FN4O2/c1-14-21(24-30-23(31-34-24)16-4-10-19(28)11-5-16)22(15-2-6-17(26)7-3-15)29-25(33)32(14)20-12-8-18(27)9-13-20/h2-13,22H,1H3,(H,29,33). The molecule has 0 fully saturated rings. The van der Waals surface area contributed by atoms with Crippen LogP contribution in [-0.4, -0.2) is 16.2 Å². The Morgan fingerprint density at radius 2 is 1.56 bits per heavy atom. The molecule has 0 saturated heterocycles. The average molecular weight is 495 g/mol. The third kappa shape index (κ3) is 4.16. The number of hydrogen-bond donors (Lipinski definition) is 1. The summed E-state index contributed by atoms with van der Waals surface area (Å²) in [6, 6.07) is 19.0. The third-order valence-electron chi connectivity index (χ3n) is 5.53. The molecule has 2 amide bonds. The van der Waals surface area contributed by atoms with Crippen molar-refractivity contribution < 1.29 is 13.7 Å². The van der Waals surface area contributed by atoms with Gasteiger partial charge in [-0.2, -0.15) is 4.98 Å². The molecule has 1 unspecified atom stereocenters. The predicted molar refractivity (Wildman–Crippen MR) is 129 cm³/mol. The minimum Gasteiger partial charge on any atom is -0.334 e. The number of anilines is 1. The third-order valence-corrected chi connectivity index (χ3v) is 6.04. The first kappa shape index (κ1) is 22.1. The van der Waals surface area contributed by atoms with E-state index >= 15 is 0 Å². The summed E-state index contributed by atoms with van der Waals surface area (Å²) in [5, 5.41) is 8.24. The van der Waals surface area contributed by atoms with Gasteiger partial charge in [0.25, 0.3) is 5.89 Å². The van der Waals surface area contributed by atoms with E-state index in [2.05, 4.69) is 15.5 Å². The lowest BCUT2D eigenvalue weighted by Crippen LogP contribution is -2.46. The van der Waals surface area contributed by atoms with Gasteiger partial charge in [-0.05, 0) is 73.2 Å². The van der Waals surface area contributed by atoms with E-state index in [9.17, 15) is 9.18 Å². The molecule has 170 valence electrons. The Kier molecular flexibility index (Phi) is 5.81. The number of hydrogen-bond acceptors (Lipinski definition) is 4. The van der Waals surface area contributed by atoms with Crippen LogP contribution >= 0.6 is 23.2 Å². The van der Waals surface area contributed by atoms with Gasteiger partial charge in [0.2, 0.25) is 5.82 Å². The molecule has 34 heavy (non-hydrogen) atoms. The highest BCUT2D eigenvalue weighted by Crippen LogP contribution is 2.39. The highest BCUT2D eigenvalue weighted by atomic mass is 35.5. The van der Waals surface area contributed by atoms with Gasteiger partial charge in [0.05, 0.1) is 17.3 Å². The van der Waals surface area contributed by atoms with Crippen LogP contribution in [0.15, 0.2) is 83.0 Å². The van der Waals surface area contributed by atoms with Crippen LogP contribution in [0.3, 0.4) is 0 Å². The molecule has 1 aromatic heterocycles. The Morgan fingerprint density at radius 3 is 2.21 bits per heavy atom. The summed E-state index contributed by atoms with van der Waals surface area (Å²) < 4.78 is 19.0. The zero-order valence-corrected chi connectivity index (χ0v) is 19.3. The van der Waals surface area contributed by atoms with E-state index in [4.69, 9.17) is 27.7 Å². The van der Waals surface area contributed by atoms with Crippen molar-refractivity contribution in [1.29, 1.82) is 0 Å². The van der Waals surface area contributed by atoms with Gasteiger partial charge < -0.3 is 9.84 Å². The summed E-state index contributed by atoms with van der Waals surface area (Å²) in [5.74, 6) is 0.179. The van der Waals surface area contributed by atoms with E-state index in [1.54, 1.807) is 48.5 Å². The summed E-state index contributed by atoms with van der Waals surface area (Å²) in [4.78, 5) is 19.3. The monoisotopic (exact) mass is 494 g/mol. The number of carbonyl (C=O) groups excluding carboxylic acids is 1. The first-order chi connectivity index (χ1) is 16.4. The molecule has 6 nitrogen and oxygen atoms in total. The van der Waals surface area contributed by atoms with Crippen LogP contribution in [-0.2, 0) is 0 Å². The van der Waals surface area contributed by atoms with Crippen molar-refractivity contribution >= 4 is 40.5 Å². The van der Waals surface area contributed by atoms with Crippen molar-refractivity contribution in [3.05, 3.63) is 106 Å². The molecule has 0 radical (unpaired) electrons. The van der Waals surface area contributed by atoms with E-state index in [-0.39, 0.29) is 17.7 Å². The van der Waals surface area contributed by atoms with Crippen LogP contribution in [0.1, 0.15) is 24.4 Å². The number of nitrogens with one attached hydrogen (secondary N) is 1. The second-order valence-corrected chi connectivity index (χ2v) is 8.55. The van der Waals surface area contributed by atoms with Gasteiger partial charge in [-0.1, -0.05) is 40.5 Å². The Hall–Kier alpha value is -3.68. The molecule has 2 heterocycles. The lowest BCUT2D eigenvalue weighted by atomic mass is 9.94. The molecule has 0 bridgehead atoms. The second-order valence-electron chi connectivity index (χ2n) is 7.67. The molecule has 1 N–H and O–H groups in total. The smallest absolute Gasteiger partial charge is 0.326 e. The van der Waals surface area contributed by atoms with Gasteiger partial charge in [0, 0.05) is 21.3 Å². The van der Waals surface area contributed by atoms with Crippen molar-refractivity contribution in [3.8, 4) is 11.4 Å². The van der Waals surface area contributed by atoms with Crippen LogP contribution in [0, 0.1) is 5.82 Å². The van der Waals surface area contributed by atoms with Crippen molar-refractivity contribution in [1.82, 2.24) is 15.5 Å². The fourth-order valence-corrected chi connectivity index (χ4v) is 4.13. The minimum absolute atomic E-state index is 0.232. The summed E-state index contributed by atoms with van der Waals surface area (Å²) in [5.41, 5.74) is 3.26. The number of nitrogens with zero attached hydrogens (tertiary/aromatic N) is 3. The van der Waals surface area contributed by atoms with Crippen molar-refractivity contribution in [3.63, 3.8) is 0 Å². The highest BCUT2D eigenvalue weighted by molar-refractivity contribution is 6.31. The first-order valence-corrected chi connectivity index (χ1v) is 11.1. The lowest BCUT2D eigenvalue weighted by molar-refractivity contribution is 0.244. The van der Waals surface area contributed by atoms with Crippen LogP contribution in [0.25, 0.3) is 17.0 Å². The van der Waals surface area contributed by atoms with Crippen LogP contribution < -0.4 is 10.2 Å². The number of halogens is 3. The topological polar surface area (TPSA) is 71.3 Å². The Labute approximate surface area is 204 Å². The Morgan fingerprint density at radius 1 is 0.941 bits per heavy atom. The Bertz CT molecular complexity index is 1380. The SMILES string of the molecule is CC1=C(c2nc(-c3ccc(F)cc3)no2)C(c2ccc(Cl)cc2)NC(=O)N1c1ccc(Cl)cc1. The van der Waals surface area contributed by atoms with Gasteiger partial charge >= 0.3 is 6.03 Å². The molecule has 0 saturated carbocycles. The molecule has 0 spiro atoms.